The van der Waals surface area contributed by atoms with Crippen molar-refractivity contribution >= 4 is 34.8 Å². The Labute approximate surface area is 118 Å². The van der Waals surface area contributed by atoms with Crippen LogP contribution in [0.3, 0.4) is 0 Å². The molecule has 0 saturated heterocycles. The van der Waals surface area contributed by atoms with Gasteiger partial charge in [0.2, 0.25) is 0 Å². The highest BCUT2D eigenvalue weighted by Gasteiger charge is 2.11. The van der Waals surface area contributed by atoms with Gasteiger partial charge in [-0.2, -0.15) is 0 Å². The van der Waals surface area contributed by atoms with Crippen molar-refractivity contribution in [2.45, 2.75) is 0 Å². The Morgan fingerprint density at radius 3 is 1.44 bits per heavy atom. The van der Waals surface area contributed by atoms with Crippen molar-refractivity contribution in [3.05, 3.63) is 24.3 Å². The van der Waals surface area contributed by atoms with Gasteiger partial charge in [0.25, 0.3) is 10.3 Å². The van der Waals surface area contributed by atoms with Crippen LogP contribution in [0.5, 0.6) is 11.5 Å². The van der Waals surface area contributed by atoms with Gasteiger partial charge in [0.1, 0.15) is 0 Å². The van der Waals surface area contributed by atoms with Crippen LogP contribution in [0.25, 0.3) is 0 Å². The highest BCUT2D eigenvalue weighted by atomic mass is 32.1. The van der Waals surface area contributed by atoms with Crippen molar-refractivity contribution in [1.29, 1.82) is 0 Å². The third-order valence-corrected chi connectivity index (χ3v) is 2.87. The van der Waals surface area contributed by atoms with Crippen LogP contribution in [-0.2, 0) is 0 Å². The minimum atomic E-state index is 0.363. The molecule has 18 heavy (non-hydrogen) atoms. The van der Waals surface area contributed by atoms with Gasteiger partial charge < -0.3 is 19.3 Å². The Morgan fingerprint density at radius 1 is 0.833 bits per heavy atom. The van der Waals surface area contributed by atoms with E-state index in [0.29, 0.717) is 21.8 Å². The standard InChI is InChI=1S/C12H16N2O2S2/c1-13(2)11(17)15-9-7-5-6-8-10(9)16-12(18)14(3)4/h5-8H,1-4H3. The molecule has 1 aromatic rings. The lowest BCUT2D eigenvalue weighted by molar-refractivity contribution is 0.406. The van der Waals surface area contributed by atoms with Crippen LogP contribution in [0.1, 0.15) is 0 Å². The van der Waals surface area contributed by atoms with Gasteiger partial charge in [-0.05, 0) is 36.6 Å². The van der Waals surface area contributed by atoms with Crippen LogP contribution < -0.4 is 9.47 Å². The van der Waals surface area contributed by atoms with Crippen LogP contribution in [0.2, 0.25) is 0 Å². The number of rotatable bonds is 2. The summed E-state index contributed by atoms with van der Waals surface area (Å²) < 4.78 is 11.1. The second-order valence-electron chi connectivity index (χ2n) is 3.97. The summed E-state index contributed by atoms with van der Waals surface area (Å²) in [5.74, 6) is 1.08. The fourth-order valence-corrected chi connectivity index (χ4v) is 1.17. The number of hydrogen-bond donors (Lipinski definition) is 0. The van der Waals surface area contributed by atoms with Gasteiger partial charge in [-0.15, -0.1) is 0 Å². The fraction of sp³-hybridized carbons (Fsp3) is 0.333. The molecule has 4 nitrogen and oxygen atoms in total. The van der Waals surface area contributed by atoms with Gasteiger partial charge >= 0.3 is 0 Å². The Hall–Kier alpha value is -1.40. The predicted molar refractivity (Wildman–Crippen MR) is 80.3 cm³/mol. The quantitative estimate of drug-likeness (QED) is 0.772. The van der Waals surface area contributed by atoms with Crippen molar-refractivity contribution in [2.24, 2.45) is 0 Å². The van der Waals surface area contributed by atoms with E-state index in [-0.39, 0.29) is 0 Å². The maximum Gasteiger partial charge on any atom is 0.264 e. The van der Waals surface area contributed by atoms with E-state index in [1.807, 2.05) is 40.3 Å². The molecule has 0 aliphatic rings. The molecule has 0 aliphatic heterocycles. The van der Waals surface area contributed by atoms with Crippen LogP contribution in [0.4, 0.5) is 0 Å². The first kappa shape index (κ1) is 14.7. The summed E-state index contributed by atoms with van der Waals surface area (Å²) >= 11 is 10.2. The summed E-state index contributed by atoms with van der Waals surface area (Å²) in [7, 11) is 7.26. The number of thiocarbonyl (C=S) groups is 2. The summed E-state index contributed by atoms with van der Waals surface area (Å²) in [5, 5.41) is 0.726. The summed E-state index contributed by atoms with van der Waals surface area (Å²) in [4.78, 5) is 3.41. The normalized spacial score (nSPS) is 9.56. The van der Waals surface area contributed by atoms with E-state index in [1.165, 1.54) is 0 Å². The average Bonchev–Trinajstić information content (AvgIpc) is 2.31. The molecule has 0 fully saturated rings. The third-order valence-electron chi connectivity index (χ3n) is 1.97. The monoisotopic (exact) mass is 284 g/mol. The van der Waals surface area contributed by atoms with Crippen molar-refractivity contribution in [1.82, 2.24) is 9.80 Å². The number of para-hydroxylation sites is 2. The van der Waals surface area contributed by atoms with Gasteiger partial charge in [0, 0.05) is 28.2 Å². The Morgan fingerprint density at radius 2 is 1.17 bits per heavy atom. The molecule has 0 N–H and O–H groups in total. The molecule has 0 aliphatic carbocycles. The predicted octanol–water partition coefficient (Wildman–Crippen LogP) is 2.14. The van der Waals surface area contributed by atoms with Crippen LogP contribution in [-0.4, -0.2) is 48.3 Å². The lowest BCUT2D eigenvalue weighted by Crippen LogP contribution is -2.27. The molecule has 6 heteroatoms. The fourth-order valence-electron chi connectivity index (χ4n) is 0.990. The van der Waals surface area contributed by atoms with Crippen molar-refractivity contribution in [3.63, 3.8) is 0 Å². The number of nitrogens with zero attached hydrogens (tertiary/aromatic N) is 2. The molecule has 0 spiro atoms. The molecule has 0 bridgehead atoms. The molecule has 1 rings (SSSR count). The van der Waals surface area contributed by atoms with Gasteiger partial charge in [0.15, 0.2) is 11.5 Å². The first-order chi connectivity index (χ1) is 8.41. The van der Waals surface area contributed by atoms with Gasteiger partial charge in [-0.3, -0.25) is 0 Å². The molecule has 0 aromatic heterocycles. The zero-order valence-electron chi connectivity index (χ0n) is 10.8. The third kappa shape index (κ3) is 4.12. The molecule has 98 valence electrons. The highest BCUT2D eigenvalue weighted by Crippen LogP contribution is 2.27. The van der Waals surface area contributed by atoms with E-state index in [1.54, 1.807) is 21.9 Å². The topological polar surface area (TPSA) is 24.9 Å². The number of hydrogen-bond acceptors (Lipinski definition) is 4. The highest BCUT2D eigenvalue weighted by molar-refractivity contribution is 7.80. The van der Waals surface area contributed by atoms with Gasteiger partial charge in [-0.25, -0.2) is 0 Å². The van der Waals surface area contributed by atoms with E-state index in [0.717, 1.165) is 0 Å². The largest absolute Gasteiger partial charge is 0.428 e. The lowest BCUT2D eigenvalue weighted by Gasteiger charge is -2.18. The molecular formula is C12H16N2O2S2. The summed E-state index contributed by atoms with van der Waals surface area (Å²) in [6.07, 6.45) is 0. The van der Waals surface area contributed by atoms with Crippen molar-refractivity contribution in [2.75, 3.05) is 28.2 Å². The molecule has 0 saturated carbocycles. The van der Waals surface area contributed by atoms with E-state index in [9.17, 15) is 0 Å². The minimum Gasteiger partial charge on any atom is -0.428 e. The first-order valence-corrected chi connectivity index (χ1v) is 6.10. The Bertz CT molecular complexity index is 406. The molecule has 0 heterocycles. The zero-order chi connectivity index (χ0) is 13.7. The SMILES string of the molecule is CN(C)C(=S)Oc1ccccc1OC(=S)N(C)C. The van der Waals surface area contributed by atoms with E-state index < -0.39 is 0 Å². The molecule has 0 unspecified atom stereocenters. The molecular weight excluding hydrogens is 268 g/mol. The van der Waals surface area contributed by atoms with Crippen LogP contribution in [0, 0.1) is 0 Å². The molecule has 0 amide bonds. The van der Waals surface area contributed by atoms with Crippen molar-refractivity contribution < 1.29 is 9.47 Å². The van der Waals surface area contributed by atoms with E-state index in [4.69, 9.17) is 33.9 Å². The number of benzene rings is 1. The van der Waals surface area contributed by atoms with Crippen LogP contribution >= 0.6 is 24.4 Å². The Balaban J connectivity index is 2.86. The van der Waals surface area contributed by atoms with Gasteiger partial charge in [-0.1, -0.05) is 12.1 Å². The van der Waals surface area contributed by atoms with Crippen molar-refractivity contribution in [3.8, 4) is 11.5 Å². The molecule has 0 atom stereocenters. The molecule has 0 radical (unpaired) electrons. The van der Waals surface area contributed by atoms with E-state index >= 15 is 0 Å². The maximum absolute atomic E-state index is 5.54. The van der Waals surface area contributed by atoms with Gasteiger partial charge in [0.05, 0.1) is 0 Å². The summed E-state index contributed by atoms with van der Waals surface area (Å²) in [6, 6.07) is 7.26. The first-order valence-electron chi connectivity index (χ1n) is 5.29. The number of ether oxygens (including phenoxy) is 2. The molecule has 1 aromatic carbocycles. The maximum atomic E-state index is 5.54. The summed E-state index contributed by atoms with van der Waals surface area (Å²) in [6.45, 7) is 0. The zero-order valence-corrected chi connectivity index (χ0v) is 12.5. The second kappa shape index (κ2) is 6.51. The lowest BCUT2D eigenvalue weighted by atomic mass is 10.3. The average molecular weight is 284 g/mol. The second-order valence-corrected chi connectivity index (χ2v) is 4.67. The summed E-state index contributed by atoms with van der Waals surface area (Å²) in [5.41, 5.74) is 0. The Kier molecular flexibility index (Phi) is 5.30. The minimum absolute atomic E-state index is 0.363. The smallest absolute Gasteiger partial charge is 0.264 e. The van der Waals surface area contributed by atoms with E-state index in [2.05, 4.69) is 0 Å². The van der Waals surface area contributed by atoms with Crippen LogP contribution in [0.15, 0.2) is 24.3 Å².